The first-order valence-electron chi connectivity index (χ1n) is 6.52. The van der Waals surface area contributed by atoms with E-state index < -0.39 is 17.5 Å². The average molecular weight is 282 g/mol. The zero-order valence-electron chi connectivity index (χ0n) is 11.1. The second-order valence-electron chi connectivity index (χ2n) is 4.80. The normalized spacial score (nSPS) is 21.2. The summed E-state index contributed by atoms with van der Waals surface area (Å²) >= 11 is 0. The summed E-state index contributed by atoms with van der Waals surface area (Å²) in [7, 11) is 0. The molecule has 1 aliphatic heterocycles. The van der Waals surface area contributed by atoms with Crippen molar-refractivity contribution in [3.63, 3.8) is 0 Å². The quantitative estimate of drug-likeness (QED) is 0.669. The lowest BCUT2D eigenvalue weighted by Crippen LogP contribution is -2.44. The zero-order chi connectivity index (χ0) is 14.7. The molecule has 0 aliphatic carbocycles. The molecule has 0 spiro atoms. The van der Waals surface area contributed by atoms with Crippen LogP contribution in [0, 0.1) is 17.6 Å². The molecular weight excluding hydrogens is 266 g/mol. The minimum atomic E-state index is -1.12. The number of amides is 1. The fourth-order valence-electron chi connectivity index (χ4n) is 2.44. The van der Waals surface area contributed by atoms with Crippen molar-refractivity contribution in [3.8, 4) is 0 Å². The number of nitrogens with zero attached hydrogens (tertiary/aromatic N) is 2. The topological polar surface area (TPSA) is 52.9 Å². The number of hydrogen-bond acceptors (Lipinski definition) is 3. The number of oxime groups is 1. The average Bonchev–Trinajstić information content (AvgIpc) is 2.48. The van der Waals surface area contributed by atoms with E-state index in [0.717, 1.165) is 12.5 Å². The van der Waals surface area contributed by atoms with Crippen LogP contribution in [0.25, 0.3) is 0 Å². The van der Waals surface area contributed by atoms with E-state index in [-0.39, 0.29) is 11.5 Å². The lowest BCUT2D eigenvalue weighted by atomic mass is 9.93. The minimum Gasteiger partial charge on any atom is -0.411 e. The Labute approximate surface area is 115 Å². The summed E-state index contributed by atoms with van der Waals surface area (Å²) in [5.41, 5.74) is 0.389. The molecule has 0 radical (unpaired) electrons. The van der Waals surface area contributed by atoms with Gasteiger partial charge in [-0.25, -0.2) is 8.78 Å². The van der Waals surface area contributed by atoms with Crippen molar-refractivity contribution < 1.29 is 18.8 Å². The van der Waals surface area contributed by atoms with Crippen LogP contribution < -0.4 is 0 Å². The van der Waals surface area contributed by atoms with Crippen LogP contribution in [0.2, 0.25) is 0 Å². The van der Waals surface area contributed by atoms with Gasteiger partial charge in [-0.3, -0.25) is 4.79 Å². The zero-order valence-corrected chi connectivity index (χ0v) is 11.1. The van der Waals surface area contributed by atoms with Crippen LogP contribution in [0.3, 0.4) is 0 Å². The van der Waals surface area contributed by atoms with Crippen molar-refractivity contribution in [1.82, 2.24) is 4.90 Å². The van der Waals surface area contributed by atoms with E-state index in [9.17, 15) is 13.6 Å². The molecule has 1 aromatic carbocycles. The highest BCUT2D eigenvalue weighted by Crippen LogP contribution is 2.21. The van der Waals surface area contributed by atoms with Gasteiger partial charge in [-0.15, -0.1) is 0 Å². The molecule has 0 aromatic heterocycles. The first-order valence-corrected chi connectivity index (χ1v) is 6.52. The van der Waals surface area contributed by atoms with Gasteiger partial charge in [0.1, 0.15) is 0 Å². The number of carbonyl (C=O) groups is 1. The van der Waals surface area contributed by atoms with E-state index in [0.29, 0.717) is 25.2 Å². The monoisotopic (exact) mass is 282 g/mol. The van der Waals surface area contributed by atoms with Crippen molar-refractivity contribution in [2.75, 3.05) is 13.1 Å². The molecule has 108 valence electrons. The third-order valence-electron chi connectivity index (χ3n) is 3.64. The molecule has 0 bridgehead atoms. The Morgan fingerprint density at radius 1 is 1.50 bits per heavy atom. The second kappa shape index (κ2) is 5.98. The van der Waals surface area contributed by atoms with Crippen LogP contribution in [-0.2, 0) is 0 Å². The fourth-order valence-corrected chi connectivity index (χ4v) is 2.44. The highest BCUT2D eigenvalue weighted by atomic mass is 19.2. The predicted molar refractivity (Wildman–Crippen MR) is 69.9 cm³/mol. The van der Waals surface area contributed by atoms with Crippen LogP contribution >= 0.6 is 0 Å². The standard InChI is InChI=1S/C14H16F2N2O2/c1-2-9-8-18(7-6-12(9)17-20)14(19)10-4-3-5-11(15)13(10)16/h3-5,9,20H,2,6-8H2,1H3/b17-12+. The molecule has 1 aliphatic rings. The Hall–Kier alpha value is -1.98. The summed E-state index contributed by atoms with van der Waals surface area (Å²) in [6.45, 7) is 2.61. The molecule has 1 fully saturated rings. The Morgan fingerprint density at radius 3 is 2.90 bits per heavy atom. The molecular formula is C14H16F2N2O2. The first kappa shape index (κ1) is 14.4. The van der Waals surface area contributed by atoms with E-state index in [1.807, 2.05) is 6.92 Å². The number of carbonyl (C=O) groups excluding carboxylic acids is 1. The van der Waals surface area contributed by atoms with Gasteiger partial charge in [0, 0.05) is 25.4 Å². The summed E-state index contributed by atoms with van der Waals surface area (Å²) in [6, 6.07) is 3.57. The van der Waals surface area contributed by atoms with Gasteiger partial charge in [0.25, 0.3) is 5.91 Å². The van der Waals surface area contributed by atoms with Gasteiger partial charge >= 0.3 is 0 Å². The molecule has 4 nitrogen and oxygen atoms in total. The van der Waals surface area contributed by atoms with Gasteiger partial charge in [0.05, 0.1) is 11.3 Å². The molecule has 1 N–H and O–H groups in total. The van der Waals surface area contributed by atoms with Crippen LogP contribution in [0.15, 0.2) is 23.4 Å². The van der Waals surface area contributed by atoms with Crippen LogP contribution in [0.5, 0.6) is 0 Å². The molecule has 20 heavy (non-hydrogen) atoms. The van der Waals surface area contributed by atoms with Crippen molar-refractivity contribution in [1.29, 1.82) is 0 Å². The Balaban J connectivity index is 2.20. The van der Waals surface area contributed by atoms with E-state index >= 15 is 0 Å². The number of halogens is 2. The van der Waals surface area contributed by atoms with Crippen molar-refractivity contribution in [2.45, 2.75) is 19.8 Å². The van der Waals surface area contributed by atoms with Crippen molar-refractivity contribution >= 4 is 11.6 Å². The summed E-state index contributed by atoms with van der Waals surface area (Å²) < 4.78 is 26.8. The van der Waals surface area contributed by atoms with Crippen LogP contribution in [0.4, 0.5) is 8.78 Å². The summed E-state index contributed by atoms with van der Waals surface area (Å²) in [5.74, 6) is -2.73. The molecule has 1 heterocycles. The SMILES string of the molecule is CCC1CN(C(=O)c2cccc(F)c2F)CC/C1=N\O. The van der Waals surface area contributed by atoms with Gasteiger partial charge in [-0.1, -0.05) is 18.1 Å². The minimum absolute atomic E-state index is 0.0469. The molecule has 2 rings (SSSR count). The summed E-state index contributed by atoms with van der Waals surface area (Å²) in [4.78, 5) is 13.7. The molecule has 1 aromatic rings. The lowest BCUT2D eigenvalue weighted by molar-refractivity contribution is 0.0723. The van der Waals surface area contributed by atoms with Gasteiger partial charge in [-0.2, -0.15) is 0 Å². The van der Waals surface area contributed by atoms with Crippen molar-refractivity contribution in [2.24, 2.45) is 11.1 Å². The second-order valence-corrected chi connectivity index (χ2v) is 4.80. The van der Waals surface area contributed by atoms with Crippen LogP contribution in [0.1, 0.15) is 30.1 Å². The molecule has 1 unspecified atom stereocenters. The van der Waals surface area contributed by atoms with Gasteiger partial charge in [-0.05, 0) is 18.6 Å². The van der Waals surface area contributed by atoms with Gasteiger partial charge < -0.3 is 10.1 Å². The maximum Gasteiger partial charge on any atom is 0.256 e. The largest absolute Gasteiger partial charge is 0.411 e. The molecule has 6 heteroatoms. The number of rotatable bonds is 2. The van der Waals surface area contributed by atoms with E-state index in [2.05, 4.69) is 5.16 Å². The number of likely N-dealkylation sites (tertiary alicyclic amines) is 1. The Morgan fingerprint density at radius 2 is 2.25 bits per heavy atom. The number of benzene rings is 1. The molecule has 0 saturated carbocycles. The predicted octanol–water partition coefficient (Wildman–Crippen LogP) is 2.67. The highest BCUT2D eigenvalue weighted by Gasteiger charge is 2.29. The highest BCUT2D eigenvalue weighted by molar-refractivity contribution is 5.96. The van der Waals surface area contributed by atoms with Crippen LogP contribution in [-0.4, -0.2) is 34.8 Å². The molecule has 1 atom stereocenters. The Kier molecular flexibility index (Phi) is 4.32. The molecule has 1 amide bonds. The fraction of sp³-hybridized carbons (Fsp3) is 0.429. The third-order valence-corrected chi connectivity index (χ3v) is 3.64. The molecule has 1 saturated heterocycles. The maximum absolute atomic E-state index is 13.6. The summed E-state index contributed by atoms with van der Waals surface area (Å²) in [5, 5.41) is 12.1. The van der Waals surface area contributed by atoms with Gasteiger partial charge in [0.2, 0.25) is 0 Å². The van der Waals surface area contributed by atoms with E-state index in [1.54, 1.807) is 0 Å². The van der Waals surface area contributed by atoms with Gasteiger partial charge in [0.15, 0.2) is 11.6 Å². The number of hydrogen-bond donors (Lipinski definition) is 1. The Bertz CT molecular complexity index is 546. The first-order chi connectivity index (χ1) is 9.58. The van der Waals surface area contributed by atoms with E-state index in [1.165, 1.54) is 17.0 Å². The van der Waals surface area contributed by atoms with E-state index in [4.69, 9.17) is 5.21 Å². The van der Waals surface area contributed by atoms with Crippen molar-refractivity contribution in [3.05, 3.63) is 35.4 Å². The summed E-state index contributed by atoms with van der Waals surface area (Å²) in [6.07, 6.45) is 1.16. The smallest absolute Gasteiger partial charge is 0.256 e. The lowest BCUT2D eigenvalue weighted by Gasteiger charge is -2.33. The maximum atomic E-state index is 13.6. The number of piperidine rings is 1. The third kappa shape index (κ3) is 2.64.